The lowest BCUT2D eigenvalue weighted by atomic mass is 9.93. The number of piperidine rings is 1. The lowest BCUT2D eigenvalue weighted by Crippen LogP contribution is -2.40. The Hall–Kier alpha value is -1.84. The third-order valence-corrected chi connectivity index (χ3v) is 4.84. The predicted octanol–water partition coefficient (Wildman–Crippen LogP) is 3.68. The topological polar surface area (TPSA) is 57.6 Å². The number of hydrogen-bond acceptors (Lipinski definition) is 2. The van der Waals surface area contributed by atoms with Gasteiger partial charge in [0, 0.05) is 19.5 Å². The van der Waals surface area contributed by atoms with Crippen LogP contribution in [0.15, 0.2) is 24.3 Å². The minimum atomic E-state index is -0.749. The molecule has 1 unspecified atom stereocenters. The maximum absolute atomic E-state index is 12.5. The smallest absolute Gasteiger partial charge is 0.303 e. The van der Waals surface area contributed by atoms with Crippen LogP contribution in [-0.2, 0) is 22.4 Å². The Bertz CT molecular complexity index is 538. The molecule has 4 nitrogen and oxygen atoms in total. The Morgan fingerprint density at radius 2 is 1.92 bits per heavy atom. The number of carboxylic acids is 1. The van der Waals surface area contributed by atoms with E-state index in [0.717, 1.165) is 31.4 Å². The molecule has 1 saturated heterocycles. The molecule has 1 aromatic carbocycles. The summed E-state index contributed by atoms with van der Waals surface area (Å²) in [5.41, 5.74) is 2.40. The fourth-order valence-electron chi connectivity index (χ4n) is 3.35. The van der Waals surface area contributed by atoms with Crippen molar-refractivity contribution in [1.29, 1.82) is 0 Å². The summed E-state index contributed by atoms with van der Waals surface area (Å²) in [6, 6.07) is 8.39. The van der Waals surface area contributed by atoms with Crippen LogP contribution in [0, 0.1) is 5.92 Å². The summed E-state index contributed by atoms with van der Waals surface area (Å²) in [5, 5.41) is 8.81. The zero-order chi connectivity index (χ0) is 17.4. The first-order chi connectivity index (χ1) is 11.6. The van der Waals surface area contributed by atoms with Gasteiger partial charge in [0.1, 0.15) is 0 Å². The lowest BCUT2D eigenvalue weighted by molar-refractivity contribution is -0.137. The average Bonchev–Trinajstić information content (AvgIpc) is 2.59. The number of amides is 1. The van der Waals surface area contributed by atoms with Gasteiger partial charge in [-0.2, -0.15) is 0 Å². The van der Waals surface area contributed by atoms with Crippen LogP contribution in [0.25, 0.3) is 0 Å². The second kappa shape index (κ2) is 9.45. The van der Waals surface area contributed by atoms with Crippen LogP contribution in [-0.4, -0.2) is 35.0 Å². The fourth-order valence-corrected chi connectivity index (χ4v) is 3.35. The highest BCUT2D eigenvalue weighted by Gasteiger charge is 2.24. The Labute approximate surface area is 144 Å². The molecule has 1 atom stereocenters. The van der Waals surface area contributed by atoms with Gasteiger partial charge >= 0.3 is 5.97 Å². The molecule has 0 radical (unpaired) electrons. The molecule has 1 aliphatic rings. The zero-order valence-corrected chi connectivity index (χ0v) is 14.7. The van der Waals surface area contributed by atoms with E-state index < -0.39 is 5.97 Å². The van der Waals surface area contributed by atoms with Gasteiger partial charge in [-0.1, -0.05) is 37.6 Å². The number of rotatable bonds is 8. The van der Waals surface area contributed by atoms with Gasteiger partial charge in [-0.3, -0.25) is 9.59 Å². The molecular formula is C20H29NO3. The molecular weight excluding hydrogens is 302 g/mol. The highest BCUT2D eigenvalue weighted by molar-refractivity contribution is 5.78. The summed E-state index contributed by atoms with van der Waals surface area (Å²) in [5.74, 6) is -0.256. The first kappa shape index (κ1) is 18.5. The number of unbranched alkanes of at least 4 members (excludes halogenated alkanes) is 1. The zero-order valence-electron chi connectivity index (χ0n) is 14.7. The van der Waals surface area contributed by atoms with E-state index in [1.165, 1.54) is 18.4 Å². The molecule has 1 fully saturated rings. The number of aliphatic carboxylic acids is 1. The highest BCUT2D eigenvalue weighted by atomic mass is 16.4. The van der Waals surface area contributed by atoms with Crippen LogP contribution >= 0.6 is 0 Å². The molecule has 24 heavy (non-hydrogen) atoms. The van der Waals surface area contributed by atoms with Gasteiger partial charge in [0.15, 0.2) is 0 Å². The van der Waals surface area contributed by atoms with E-state index in [2.05, 4.69) is 31.2 Å². The molecule has 1 heterocycles. The van der Waals surface area contributed by atoms with Crippen LogP contribution in [0.3, 0.4) is 0 Å². The van der Waals surface area contributed by atoms with Crippen molar-refractivity contribution in [3.63, 3.8) is 0 Å². The number of hydrogen-bond donors (Lipinski definition) is 1. The van der Waals surface area contributed by atoms with E-state index in [4.69, 9.17) is 5.11 Å². The van der Waals surface area contributed by atoms with Crippen LogP contribution < -0.4 is 0 Å². The van der Waals surface area contributed by atoms with E-state index in [0.29, 0.717) is 25.3 Å². The third kappa shape index (κ3) is 5.99. The standard InChI is InChI=1S/C20H29NO3/c1-2-3-5-16-7-9-17(10-8-16)14-19(22)21-13-4-6-18(15-21)11-12-20(23)24/h7-10,18H,2-6,11-15H2,1H3,(H,23,24). The maximum atomic E-state index is 12.5. The monoisotopic (exact) mass is 331 g/mol. The van der Waals surface area contributed by atoms with Crippen molar-refractivity contribution in [3.05, 3.63) is 35.4 Å². The van der Waals surface area contributed by atoms with Gasteiger partial charge in [0.05, 0.1) is 6.42 Å². The summed E-state index contributed by atoms with van der Waals surface area (Å²) in [6.07, 6.45) is 6.82. The Kier molecular flexibility index (Phi) is 7.29. The van der Waals surface area contributed by atoms with Gasteiger partial charge in [-0.15, -0.1) is 0 Å². The first-order valence-corrected chi connectivity index (χ1v) is 9.16. The number of carbonyl (C=O) groups excluding carboxylic acids is 1. The third-order valence-electron chi connectivity index (χ3n) is 4.84. The Balaban J connectivity index is 1.83. The molecule has 1 N–H and O–H groups in total. The number of benzene rings is 1. The summed E-state index contributed by atoms with van der Waals surface area (Å²) >= 11 is 0. The van der Waals surface area contributed by atoms with Crippen molar-refractivity contribution >= 4 is 11.9 Å². The minimum absolute atomic E-state index is 0.163. The van der Waals surface area contributed by atoms with Gasteiger partial charge in [0.25, 0.3) is 0 Å². The van der Waals surface area contributed by atoms with Gasteiger partial charge in [-0.25, -0.2) is 0 Å². The number of nitrogens with zero attached hydrogens (tertiary/aromatic N) is 1. The fraction of sp³-hybridized carbons (Fsp3) is 0.600. The number of likely N-dealkylation sites (tertiary alicyclic amines) is 1. The Morgan fingerprint density at radius 1 is 1.21 bits per heavy atom. The molecule has 1 amide bonds. The number of carboxylic acid groups (broad SMARTS) is 1. The molecule has 0 bridgehead atoms. The maximum Gasteiger partial charge on any atom is 0.303 e. The molecule has 1 aromatic rings. The van der Waals surface area contributed by atoms with Gasteiger partial charge in [-0.05, 0) is 49.1 Å². The van der Waals surface area contributed by atoms with Gasteiger partial charge in [0.2, 0.25) is 5.91 Å². The van der Waals surface area contributed by atoms with E-state index >= 15 is 0 Å². The van der Waals surface area contributed by atoms with E-state index in [1.54, 1.807) is 0 Å². The van der Waals surface area contributed by atoms with Crippen molar-refractivity contribution in [2.24, 2.45) is 5.92 Å². The number of aryl methyl sites for hydroxylation is 1. The molecule has 4 heteroatoms. The summed E-state index contributed by atoms with van der Waals surface area (Å²) in [6.45, 7) is 3.70. The molecule has 0 spiro atoms. The van der Waals surface area contributed by atoms with Crippen LogP contribution in [0.4, 0.5) is 0 Å². The second-order valence-electron chi connectivity index (χ2n) is 6.88. The molecule has 1 aliphatic heterocycles. The van der Waals surface area contributed by atoms with Crippen molar-refractivity contribution in [3.8, 4) is 0 Å². The van der Waals surface area contributed by atoms with Crippen molar-refractivity contribution < 1.29 is 14.7 Å². The molecule has 0 aromatic heterocycles. The molecule has 132 valence electrons. The SMILES string of the molecule is CCCCc1ccc(CC(=O)N2CCCC(CCC(=O)O)C2)cc1. The number of carbonyl (C=O) groups is 2. The Morgan fingerprint density at radius 3 is 2.58 bits per heavy atom. The van der Waals surface area contributed by atoms with E-state index in [9.17, 15) is 9.59 Å². The summed E-state index contributed by atoms with van der Waals surface area (Å²) in [4.78, 5) is 25.1. The van der Waals surface area contributed by atoms with E-state index in [1.807, 2.05) is 4.90 Å². The second-order valence-corrected chi connectivity index (χ2v) is 6.88. The summed E-state index contributed by atoms with van der Waals surface area (Å²) in [7, 11) is 0. The predicted molar refractivity (Wildman–Crippen MR) is 94.9 cm³/mol. The van der Waals surface area contributed by atoms with Crippen LogP contribution in [0.1, 0.15) is 56.6 Å². The highest BCUT2D eigenvalue weighted by Crippen LogP contribution is 2.22. The van der Waals surface area contributed by atoms with E-state index in [-0.39, 0.29) is 12.3 Å². The summed E-state index contributed by atoms with van der Waals surface area (Å²) < 4.78 is 0. The quantitative estimate of drug-likeness (QED) is 0.790. The van der Waals surface area contributed by atoms with Crippen LogP contribution in [0.2, 0.25) is 0 Å². The molecule has 0 saturated carbocycles. The molecule has 2 rings (SSSR count). The average molecular weight is 331 g/mol. The minimum Gasteiger partial charge on any atom is -0.481 e. The van der Waals surface area contributed by atoms with Crippen molar-refractivity contribution in [1.82, 2.24) is 4.90 Å². The normalized spacial score (nSPS) is 17.7. The lowest BCUT2D eigenvalue weighted by Gasteiger charge is -2.32. The van der Waals surface area contributed by atoms with Crippen molar-refractivity contribution in [2.45, 2.75) is 58.3 Å². The van der Waals surface area contributed by atoms with Crippen molar-refractivity contribution in [2.75, 3.05) is 13.1 Å². The largest absolute Gasteiger partial charge is 0.481 e. The molecule has 0 aliphatic carbocycles. The van der Waals surface area contributed by atoms with Gasteiger partial charge < -0.3 is 10.0 Å². The first-order valence-electron chi connectivity index (χ1n) is 9.16. The van der Waals surface area contributed by atoms with Crippen LogP contribution in [0.5, 0.6) is 0 Å².